The maximum atomic E-state index is 13.1. The lowest BCUT2D eigenvalue weighted by atomic mass is 10.1. The van der Waals surface area contributed by atoms with Gasteiger partial charge in [0.05, 0.1) is 13.2 Å². The molecule has 0 radical (unpaired) electrons. The Morgan fingerprint density at radius 1 is 1.04 bits per heavy atom. The predicted octanol–water partition coefficient (Wildman–Crippen LogP) is 2.34. The second kappa shape index (κ2) is 7.35. The van der Waals surface area contributed by atoms with E-state index < -0.39 is 6.10 Å². The number of hydrogen-bond donors (Lipinski definition) is 0. The molecule has 0 aliphatic carbocycles. The standard InChI is InChI=1S/C21H27N3O3/c1-15-6-7-17-16(12-15)13-18(22(17)2)20(25)24-10-11-27-19(14-24)21(26)23-8-4-3-5-9-23/h6-7,12-13,19H,3-5,8-11,14H2,1-2H3. The molecule has 2 aliphatic rings. The number of benzene rings is 1. The Hall–Kier alpha value is -2.34. The molecule has 2 aromatic rings. The van der Waals surface area contributed by atoms with Gasteiger partial charge in [0, 0.05) is 37.6 Å². The molecular formula is C21H27N3O3. The van der Waals surface area contributed by atoms with E-state index in [9.17, 15) is 9.59 Å². The fourth-order valence-electron chi connectivity index (χ4n) is 4.14. The second-order valence-corrected chi connectivity index (χ2v) is 7.65. The minimum absolute atomic E-state index is 0.0277. The number of aryl methyl sites for hydroxylation is 2. The maximum absolute atomic E-state index is 13.1. The van der Waals surface area contributed by atoms with Gasteiger partial charge in [-0.25, -0.2) is 0 Å². The summed E-state index contributed by atoms with van der Waals surface area (Å²) >= 11 is 0. The molecule has 2 fully saturated rings. The summed E-state index contributed by atoms with van der Waals surface area (Å²) in [5, 5.41) is 1.06. The Morgan fingerprint density at radius 3 is 2.59 bits per heavy atom. The summed E-state index contributed by atoms with van der Waals surface area (Å²) in [6.45, 7) is 4.90. The predicted molar refractivity (Wildman–Crippen MR) is 104 cm³/mol. The Morgan fingerprint density at radius 2 is 1.81 bits per heavy atom. The van der Waals surface area contributed by atoms with Gasteiger partial charge in [0.1, 0.15) is 5.69 Å². The molecule has 4 rings (SSSR count). The lowest BCUT2D eigenvalue weighted by Gasteiger charge is -2.36. The van der Waals surface area contributed by atoms with Crippen LogP contribution in [-0.2, 0) is 16.6 Å². The number of ether oxygens (including phenoxy) is 1. The summed E-state index contributed by atoms with van der Waals surface area (Å²) in [6.07, 6.45) is 2.74. The largest absolute Gasteiger partial charge is 0.365 e. The van der Waals surface area contributed by atoms with Crippen LogP contribution >= 0.6 is 0 Å². The average Bonchev–Trinajstić information content (AvgIpc) is 3.03. The van der Waals surface area contributed by atoms with Crippen LogP contribution in [0.4, 0.5) is 0 Å². The molecule has 0 spiro atoms. The number of hydrogen-bond acceptors (Lipinski definition) is 3. The molecule has 1 atom stereocenters. The first-order valence-corrected chi connectivity index (χ1v) is 9.80. The van der Waals surface area contributed by atoms with Crippen LogP contribution in [0, 0.1) is 6.92 Å². The zero-order valence-electron chi connectivity index (χ0n) is 16.1. The number of carbonyl (C=O) groups excluding carboxylic acids is 2. The van der Waals surface area contributed by atoms with Gasteiger partial charge in [-0.2, -0.15) is 0 Å². The van der Waals surface area contributed by atoms with Crippen LogP contribution in [0.5, 0.6) is 0 Å². The van der Waals surface area contributed by atoms with Crippen molar-refractivity contribution in [1.82, 2.24) is 14.4 Å². The highest BCUT2D eigenvalue weighted by Gasteiger charge is 2.33. The normalized spacial score (nSPS) is 20.9. The summed E-state index contributed by atoms with van der Waals surface area (Å²) < 4.78 is 7.66. The van der Waals surface area contributed by atoms with Crippen molar-refractivity contribution in [3.05, 3.63) is 35.5 Å². The van der Waals surface area contributed by atoms with E-state index in [-0.39, 0.29) is 11.8 Å². The molecule has 144 valence electrons. The van der Waals surface area contributed by atoms with Gasteiger partial charge in [0.2, 0.25) is 0 Å². The summed E-state index contributed by atoms with van der Waals surface area (Å²) in [6, 6.07) is 8.14. The Labute approximate surface area is 159 Å². The van der Waals surface area contributed by atoms with E-state index in [4.69, 9.17) is 4.74 Å². The molecule has 1 aromatic carbocycles. The minimum atomic E-state index is -0.544. The number of morpholine rings is 1. The van der Waals surface area contributed by atoms with Crippen molar-refractivity contribution in [2.75, 3.05) is 32.8 Å². The minimum Gasteiger partial charge on any atom is -0.365 e. The zero-order chi connectivity index (χ0) is 19.0. The first-order valence-electron chi connectivity index (χ1n) is 9.80. The van der Waals surface area contributed by atoms with Crippen molar-refractivity contribution in [3.63, 3.8) is 0 Å². The van der Waals surface area contributed by atoms with Gasteiger partial charge in [-0.1, -0.05) is 11.6 Å². The molecule has 6 nitrogen and oxygen atoms in total. The highest BCUT2D eigenvalue weighted by atomic mass is 16.5. The SMILES string of the molecule is Cc1ccc2c(c1)cc(C(=O)N1CCOC(C(=O)N3CCCCC3)C1)n2C. The van der Waals surface area contributed by atoms with Gasteiger partial charge in [0.15, 0.2) is 6.10 Å². The molecule has 2 amide bonds. The maximum Gasteiger partial charge on any atom is 0.270 e. The summed E-state index contributed by atoms with van der Waals surface area (Å²) in [4.78, 5) is 29.6. The Bertz CT molecular complexity index is 867. The van der Waals surface area contributed by atoms with Crippen LogP contribution in [0.2, 0.25) is 0 Å². The van der Waals surface area contributed by atoms with E-state index in [0.717, 1.165) is 36.8 Å². The molecule has 27 heavy (non-hydrogen) atoms. The smallest absolute Gasteiger partial charge is 0.270 e. The molecule has 3 heterocycles. The number of piperidine rings is 1. The molecule has 2 saturated heterocycles. The third kappa shape index (κ3) is 3.46. The topological polar surface area (TPSA) is 54.8 Å². The van der Waals surface area contributed by atoms with E-state index in [1.165, 1.54) is 12.0 Å². The van der Waals surface area contributed by atoms with Gasteiger partial charge in [-0.05, 0) is 44.4 Å². The van der Waals surface area contributed by atoms with Crippen molar-refractivity contribution in [3.8, 4) is 0 Å². The third-order valence-electron chi connectivity index (χ3n) is 5.71. The Balaban J connectivity index is 1.52. The van der Waals surface area contributed by atoms with Crippen LogP contribution in [-0.4, -0.2) is 65.1 Å². The molecule has 0 bridgehead atoms. The van der Waals surface area contributed by atoms with Gasteiger partial charge < -0.3 is 19.1 Å². The van der Waals surface area contributed by atoms with E-state index >= 15 is 0 Å². The number of nitrogens with zero attached hydrogens (tertiary/aromatic N) is 3. The Kier molecular flexibility index (Phi) is 4.91. The third-order valence-corrected chi connectivity index (χ3v) is 5.71. The van der Waals surface area contributed by atoms with Gasteiger partial charge in [-0.3, -0.25) is 9.59 Å². The first kappa shape index (κ1) is 18.0. The van der Waals surface area contributed by atoms with Crippen molar-refractivity contribution in [2.45, 2.75) is 32.3 Å². The molecule has 0 saturated carbocycles. The number of fused-ring (bicyclic) bond motifs is 1. The number of likely N-dealkylation sites (tertiary alicyclic amines) is 1. The van der Waals surface area contributed by atoms with Gasteiger partial charge in [-0.15, -0.1) is 0 Å². The molecule has 2 aliphatic heterocycles. The highest BCUT2D eigenvalue weighted by Crippen LogP contribution is 2.22. The lowest BCUT2D eigenvalue weighted by molar-refractivity contribution is -0.149. The summed E-state index contributed by atoms with van der Waals surface area (Å²) in [7, 11) is 1.92. The number of carbonyl (C=O) groups is 2. The van der Waals surface area contributed by atoms with Crippen LogP contribution in [0.15, 0.2) is 24.3 Å². The molecule has 1 aromatic heterocycles. The first-order chi connectivity index (χ1) is 13.0. The number of aromatic nitrogens is 1. The van der Waals surface area contributed by atoms with Crippen molar-refractivity contribution in [2.24, 2.45) is 7.05 Å². The van der Waals surface area contributed by atoms with Crippen LogP contribution in [0.1, 0.15) is 35.3 Å². The second-order valence-electron chi connectivity index (χ2n) is 7.65. The highest BCUT2D eigenvalue weighted by molar-refractivity contribution is 5.99. The van der Waals surface area contributed by atoms with E-state index in [1.807, 2.05) is 35.6 Å². The van der Waals surface area contributed by atoms with E-state index in [0.29, 0.717) is 25.4 Å². The quantitative estimate of drug-likeness (QED) is 0.816. The summed E-state index contributed by atoms with van der Waals surface area (Å²) in [5.74, 6) is -0.00837. The molecule has 6 heteroatoms. The van der Waals surface area contributed by atoms with Crippen LogP contribution < -0.4 is 0 Å². The van der Waals surface area contributed by atoms with Crippen LogP contribution in [0.3, 0.4) is 0 Å². The van der Waals surface area contributed by atoms with Crippen molar-refractivity contribution < 1.29 is 14.3 Å². The number of amides is 2. The summed E-state index contributed by atoms with van der Waals surface area (Å²) in [5.41, 5.74) is 2.87. The number of rotatable bonds is 2. The average molecular weight is 369 g/mol. The monoisotopic (exact) mass is 369 g/mol. The zero-order valence-corrected chi connectivity index (χ0v) is 16.1. The van der Waals surface area contributed by atoms with Gasteiger partial charge >= 0.3 is 0 Å². The van der Waals surface area contributed by atoms with Gasteiger partial charge in [0.25, 0.3) is 11.8 Å². The fraction of sp³-hybridized carbons (Fsp3) is 0.524. The fourth-order valence-corrected chi connectivity index (χ4v) is 4.14. The molecular weight excluding hydrogens is 342 g/mol. The lowest BCUT2D eigenvalue weighted by Crippen LogP contribution is -2.53. The van der Waals surface area contributed by atoms with E-state index in [1.54, 1.807) is 4.90 Å². The van der Waals surface area contributed by atoms with Crippen molar-refractivity contribution in [1.29, 1.82) is 0 Å². The molecule has 1 unspecified atom stereocenters. The van der Waals surface area contributed by atoms with Crippen molar-refractivity contribution >= 4 is 22.7 Å². The van der Waals surface area contributed by atoms with E-state index in [2.05, 4.69) is 12.1 Å². The molecule has 0 N–H and O–H groups in total. The van der Waals surface area contributed by atoms with Crippen LogP contribution in [0.25, 0.3) is 10.9 Å².